The third-order valence-electron chi connectivity index (χ3n) is 9.92. The summed E-state index contributed by atoms with van der Waals surface area (Å²) in [5.74, 6) is -0.153. The van der Waals surface area contributed by atoms with E-state index in [1.54, 1.807) is 0 Å². The fourth-order valence-corrected chi connectivity index (χ4v) is 10.4. The number of benzene rings is 9. The number of halogens is 1. The summed E-state index contributed by atoms with van der Waals surface area (Å²) >= 11 is 0.137. The summed E-state index contributed by atoms with van der Waals surface area (Å²) in [5.41, 5.74) is 7.29. The van der Waals surface area contributed by atoms with E-state index in [9.17, 15) is 0 Å². The fraction of sp³-hybridized carbons (Fsp3) is 0. The van der Waals surface area contributed by atoms with Gasteiger partial charge in [0.05, 0.1) is 0 Å². The maximum atomic E-state index is 16.0. The van der Waals surface area contributed by atoms with Crippen molar-refractivity contribution >= 4 is 76.9 Å². The molecular weight excluding hydrogens is 650 g/mol. The minimum atomic E-state index is -0.153. The summed E-state index contributed by atoms with van der Waals surface area (Å²) in [6.45, 7) is 0. The number of fused-ring (bicyclic) bond motifs is 7. The number of hydrogen-bond donors (Lipinski definition) is 0. The van der Waals surface area contributed by atoms with Crippen molar-refractivity contribution in [2.75, 3.05) is 0 Å². The zero-order chi connectivity index (χ0) is 31.8. The average molecular weight is 678 g/mol. The molecule has 0 aliphatic heterocycles. The van der Waals surface area contributed by atoms with Crippen molar-refractivity contribution in [1.82, 2.24) is 0 Å². The molecule has 48 heavy (non-hydrogen) atoms. The molecular formula is C46H27FSe. The van der Waals surface area contributed by atoms with Gasteiger partial charge in [0.1, 0.15) is 0 Å². The SMILES string of the molecule is Fc1c2ccccc2c(-c2cccc3[se]c4cccc(-c5c6ccccc6c(-c6ccccc6)c6ccccc56)c4c23)c2ccccc12. The molecule has 10 aromatic rings. The molecule has 0 spiro atoms. The summed E-state index contributed by atoms with van der Waals surface area (Å²) in [6, 6.07) is 58.1. The number of hydrogen-bond acceptors (Lipinski definition) is 0. The van der Waals surface area contributed by atoms with Crippen LogP contribution in [0.25, 0.3) is 95.8 Å². The monoisotopic (exact) mass is 678 g/mol. The Hall–Kier alpha value is -5.53. The topological polar surface area (TPSA) is 0 Å². The van der Waals surface area contributed by atoms with E-state index in [0.717, 1.165) is 16.3 Å². The van der Waals surface area contributed by atoms with Gasteiger partial charge in [0.2, 0.25) is 0 Å². The van der Waals surface area contributed by atoms with E-state index in [1.807, 2.05) is 36.4 Å². The van der Waals surface area contributed by atoms with Gasteiger partial charge in [-0.2, -0.15) is 0 Å². The second-order valence-electron chi connectivity index (χ2n) is 12.4. The number of rotatable bonds is 3. The predicted molar refractivity (Wildman–Crippen MR) is 205 cm³/mol. The van der Waals surface area contributed by atoms with Gasteiger partial charge in [-0.1, -0.05) is 0 Å². The Kier molecular flexibility index (Phi) is 6.18. The Balaban J connectivity index is 1.39. The maximum absolute atomic E-state index is 16.0. The van der Waals surface area contributed by atoms with Crippen LogP contribution in [0.2, 0.25) is 0 Å². The molecule has 0 bridgehead atoms. The fourth-order valence-electron chi connectivity index (χ4n) is 7.98. The van der Waals surface area contributed by atoms with Crippen LogP contribution in [-0.2, 0) is 0 Å². The molecule has 0 aliphatic rings. The van der Waals surface area contributed by atoms with E-state index >= 15 is 4.39 Å². The quantitative estimate of drug-likeness (QED) is 0.129. The van der Waals surface area contributed by atoms with Crippen molar-refractivity contribution in [3.63, 3.8) is 0 Å². The van der Waals surface area contributed by atoms with Crippen molar-refractivity contribution in [1.29, 1.82) is 0 Å². The molecule has 10 rings (SSSR count). The molecule has 0 fully saturated rings. The molecule has 1 heterocycles. The zero-order valence-electron chi connectivity index (χ0n) is 25.9. The summed E-state index contributed by atoms with van der Waals surface area (Å²) in [7, 11) is 0. The van der Waals surface area contributed by atoms with Gasteiger partial charge in [-0.25, -0.2) is 0 Å². The van der Waals surface area contributed by atoms with Crippen LogP contribution in [0.1, 0.15) is 0 Å². The van der Waals surface area contributed by atoms with Gasteiger partial charge in [0.25, 0.3) is 0 Å². The standard InChI is InChI=1S/C46H27FSe/c47-46-35-22-10-8-20-33(35)43(34-21-9-11-23-36(34)46)38-25-13-27-40-45(38)44-37(24-12-26-39(44)48-40)42-31-18-6-4-16-29(31)41(28-14-2-1-3-15-28)30-17-5-7-19-32(30)42/h1-27H. The molecule has 224 valence electrons. The van der Waals surface area contributed by atoms with Gasteiger partial charge in [-0.3, -0.25) is 0 Å². The average Bonchev–Trinajstić information content (AvgIpc) is 3.54. The molecule has 0 N–H and O–H groups in total. The van der Waals surface area contributed by atoms with Gasteiger partial charge in [-0.15, -0.1) is 0 Å². The Morgan fingerprint density at radius 1 is 0.312 bits per heavy atom. The van der Waals surface area contributed by atoms with Crippen molar-refractivity contribution < 1.29 is 4.39 Å². The van der Waals surface area contributed by atoms with Gasteiger partial charge in [0.15, 0.2) is 0 Å². The second kappa shape index (κ2) is 10.8. The minimum absolute atomic E-state index is 0.137. The van der Waals surface area contributed by atoms with E-state index in [4.69, 9.17) is 0 Å². The van der Waals surface area contributed by atoms with Gasteiger partial charge < -0.3 is 0 Å². The first-order chi connectivity index (χ1) is 23.8. The van der Waals surface area contributed by atoms with Crippen LogP contribution in [0.15, 0.2) is 164 Å². The van der Waals surface area contributed by atoms with Gasteiger partial charge in [0, 0.05) is 0 Å². The Bertz CT molecular complexity index is 2780. The van der Waals surface area contributed by atoms with E-state index in [1.165, 1.54) is 68.7 Å². The van der Waals surface area contributed by atoms with Gasteiger partial charge >= 0.3 is 284 Å². The summed E-state index contributed by atoms with van der Waals surface area (Å²) in [4.78, 5) is 0. The van der Waals surface area contributed by atoms with Crippen molar-refractivity contribution in [3.05, 3.63) is 170 Å². The van der Waals surface area contributed by atoms with Crippen molar-refractivity contribution in [3.8, 4) is 33.4 Å². The third kappa shape index (κ3) is 3.94. The summed E-state index contributed by atoms with van der Waals surface area (Å²) in [6.07, 6.45) is 0. The first-order valence-electron chi connectivity index (χ1n) is 16.3. The van der Waals surface area contributed by atoms with Crippen LogP contribution in [0.5, 0.6) is 0 Å². The Morgan fingerprint density at radius 3 is 1.10 bits per heavy atom. The summed E-state index contributed by atoms with van der Waals surface area (Å²) in [5, 5.41) is 10.8. The van der Waals surface area contributed by atoms with Crippen LogP contribution in [0, 0.1) is 5.82 Å². The van der Waals surface area contributed by atoms with Crippen molar-refractivity contribution in [2.45, 2.75) is 0 Å². The second-order valence-corrected chi connectivity index (χ2v) is 14.7. The van der Waals surface area contributed by atoms with Crippen LogP contribution in [-0.4, -0.2) is 14.5 Å². The molecule has 2 heteroatoms. The van der Waals surface area contributed by atoms with E-state index in [2.05, 4.69) is 127 Å². The van der Waals surface area contributed by atoms with E-state index < -0.39 is 0 Å². The third-order valence-corrected chi connectivity index (χ3v) is 12.3. The van der Waals surface area contributed by atoms with Crippen LogP contribution in [0.4, 0.5) is 4.39 Å². The molecule has 1 aromatic heterocycles. The predicted octanol–water partition coefficient (Wildman–Crippen LogP) is 12.8. The molecule has 0 saturated heterocycles. The zero-order valence-corrected chi connectivity index (χ0v) is 27.6. The summed E-state index contributed by atoms with van der Waals surface area (Å²) < 4.78 is 18.8. The van der Waals surface area contributed by atoms with E-state index in [0.29, 0.717) is 10.8 Å². The van der Waals surface area contributed by atoms with Crippen LogP contribution < -0.4 is 0 Å². The normalized spacial score (nSPS) is 11.9. The molecule has 0 radical (unpaired) electrons. The molecule has 0 unspecified atom stereocenters. The first-order valence-corrected chi connectivity index (χ1v) is 18.0. The molecule has 0 atom stereocenters. The molecule has 0 nitrogen and oxygen atoms in total. The molecule has 0 amide bonds. The Labute approximate surface area is 283 Å². The van der Waals surface area contributed by atoms with Crippen molar-refractivity contribution in [2.24, 2.45) is 0 Å². The molecule has 0 aliphatic carbocycles. The van der Waals surface area contributed by atoms with E-state index in [-0.39, 0.29) is 20.3 Å². The Morgan fingerprint density at radius 2 is 0.667 bits per heavy atom. The van der Waals surface area contributed by atoms with Crippen LogP contribution >= 0.6 is 0 Å². The van der Waals surface area contributed by atoms with Gasteiger partial charge in [-0.05, 0) is 0 Å². The van der Waals surface area contributed by atoms with Crippen LogP contribution in [0.3, 0.4) is 0 Å². The molecule has 0 saturated carbocycles. The first kappa shape index (κ1) is 27.6. The molecule has 9 aromatic carbocycles.